The standard InChI is InChI=1S/C14H23N3/c1-11-8-14(5-4-13(11)9-15)17-7-6-16(3)10-12(17)2/h4-5,8,12H,6-7,9-10,15H2,1-3H3. The Bertz CT molecular complexity index is 389. The summed E-state index contributed by atoms with van der Waals surface area (Å²) < 4.78 is 0. The normalized spacial score (nSPS) is 21.9. The molecule has 1 aliphatic rings. The molecule has 0 bridgehead atoms. The summed E-state index contributed by atoms with van der Waals surface area (Å²) in [6, 6.07) is 7.22. The summed E-state index contributed by atoms with van der Waals surface area (Å²) in [7, 11) is 2.19. The van der Waals surface area contributed by atoms with Gasteiger partial charge in [-0.15, -0.1) is 0 Å². The van der Waals surface area contributed by atoms with Crippen LogP contribution < -0.4 is 10.6 Å². The van der Waals surface area contributed by atoms with Crippen molar-refractivity contribution in [1.82, 2.24) is 4.90 Å². The van der Waals surface area contributed by atoms with E-state index in [4.69, 9.17) is 5.73 Å². The maximum Gasteiger partial charge on any atom is 0.0389 e. The van der Waals surface area contributed by atoms with Crippen LogP contribution in [0.15, 0.2) is 18.2 Å². The van der Waals surface area contributed by atoms with Gasteiger partial charge in [0.2, 0.25) is 0 Å². The van der Waals surface area contributed by atoms with Crippen molar-refractivity contribution in [2.24, 2.45) is 5.73 Å². The SMILES string of the molecule is Cc1cc(N2CCN(C)CC2C)ccc1CN. The van der Waals surface area contributed by atoms with Gasteiger partial charge in [0.25, 0.3) is 0 Å². The number of anilines is 1. The highest BCUT2D eigenvalue weighted by Gasteiger charge is 2.21. The van der Waals surface area contributed by atoms with Gasteiger partial charge < -0.3 is 15.5 Å². The lowest BCUT2D eigenvalue weighted by Crippen LogP contribution is -2.50. The average molecular weight is 233 g/mol. The lowest BCUT2D eigenvalue weighted by molar-refractivity contribution is 0.275. The highest BCUT2D eigenvalue weighted by atomic mass is 15.3. The highest BCUT2D eigenvalue weighted by molar-refractivity contribution is 5.52. The Morgan fingerprint density at radius 2 is 2.12 bits per heavy atom. The van der Waals surface area contributed by atoms with Gasteiger partial charge in [-0.05, 0) is 44.2 Å². The van der Waals surface area contributed by atoms with Crippen molar-refractivity contribution in [3.05, 3.63) is 29.3 Å². The largest absolute Gasteiger partial charge is 0.366 e. The second kappa shape index (κ2) is 5.07. The number of rotatable bonds is 2. The fraction of sp³-hybridized carbons (Fsp3) is 0.571. The monoisotopic (exact) mass is 233 g/mol. The number of hydrogen-bond donors (Lipinski definition) is 1. The van der Waals surface area contributed by atoms with E-state index < -0.39 is 0 Å². The first kappa shape index (κ1) is 12.4. The maximum atomic E-state index is 5.70. The number of nitrogens with zero attached hydrogens (tertiary/aromatic N) is 2. The zero-order valence-electron chi connectivity index (χ0n) is 11.1. The van der Waals surface area contributed by atoms with Crippen LogP contribution >= 0.6 is 0 Å². The molecular formula is C14H23N3. The topological polar surface area (TPSA) is 32.5 Å². The molecule has 1 saturated heterocycles. The molecule has 0 amide bonds. The molecule has 0 aliphatic carbocycles. The van der Waals surface area contributed by atoms with Crippen molar-refractivity contribution in [1.29, 1.82) is 0 Å². The molecule has 1 aromatic carbocycles. The molecule has 1 aliphatic heterocycles. The molecule has 1 unspecified atom stereocenters. The van der Waals surface area contributed by atoms with E-state index in [0.717, 1.165) is 19.6 Å². The van der Waals surface area contributed by atoms with E-state index in [1.54, 1.807) is 0 Å². The molecule has 94 valence electrons. The van der Waals surface area contributed by atoms with Gasteiger partial charge in [-0.25, -0.2) is 0 Å². The third-order valence-corrected chi connectivity index (χ3v) is 3.71. The third kappa shape index (κ3) is 2.61. The van der Waals surface area contributed by atoms with Crippen LogP contribution in [-0.2, 0) is 6.54 Å². The Morgan fingerprint density at radius 3 is 2.71 bits per heavy atom. The number of aryl methyl sites for hydroxylation is 1. The third-order valence-electron chi connectivity index (χ3n) is 3.71. The van der Waals surface area contributed by atoms with Crippen LogP contribution in [-0.4, -0.2) is 37.6 Å². The molecule has 0 aromatic heterocycles. The molecule has 1 heterocycles. The summed E-state index contributed by atoms with van der Waals surface area (Å²) in [6.45, 7) is 8.46. The molecule has 0 saturated carbocycles. The predicted octanol–water partition coefficient (Wildman–Crippen LogP) is 1.59. The van der Waals surface area contributed by atoms with Gasteiger partial charge >= 0.3 is 0 Å². The smallest absolute Gasteiger partial charge is 0.0389 e. The summed E-state index contributed by atoms with van der Waals surface area (Å²) in [5, 5.41) is 0. The Hall–Kier alpha value is -1.06. The molecule has 3 nitrogen and oxygen atoms in total. The second-order valence-corrected chi connectivity index (χ2v) is 5.12. The van der Waals surface area contributed by atoms with E-state index >= 15 is 0 Å². The summed E-state index contributed by atoms with van der Waals surface area (Å²) >= 11 is 0. The van der Waals surface area contributed by atoms with Gasteiger partial charge in [0.15, 0.2) is 0 Å². The van der Waals surface area contributed by atoms with E-state index in [1.165, 1.54) is 16.8 Å². The van der Waals surface area contributed by atoms with Gasteiger partial charge in [0.1, 0.15) is 0 Å². The van der Waals surface area contributed by atoms with Crippen LogP contribution in [0, 0.1) is 6.92 Å². The molecule has 2 N–H and O–H groups in total. The molecule has 1 aromatic rings. The second-order valence-electron chi connectivity index (χ2n) is 5.12. The van der Waals surface area contributed by atoms with E-state index in [-0.39, 0.29) is 0 Å². The molecular weight excluding hydrogens is 210 g/mol. The summed E-state index contributed by atoms with van der Waals surface area (Å²) in [6.07, 6.45) is 0. The minimum Gasteiger partial charge on any atom is -0.366 e. The van der Waals surface area contributed by atoms with Crippen molar-refractivity contribution in [2.45, 2.75) is 26.4 Å². The van der Waals surface area contributed by atoms with Crippen molar-refractivity contribution >= 4 is 5.69 Å². The Balaban J connectivity index is 2.19. The van der Waals surface area contributed by atoms with Gasteiger partial charge in [-0.2, -0.15) is 0 Å². The first-order valence-electron chi connectivity index (χ1n) is 6.36. The fourth-order valence-corrected chi connectivity index (χ4v) is 2.61. The zero-order chi connectivity index (χ0) is 12.4. The molecule has 1 fully saturated rings. The number of hydrogen-bond acceptors (Lipinski definition) is 3. The minimum atomic E-state index is 0.580. The van der Waals surface area contributed by atoms with Crippen LogP contribution in [0.3, 0.4) is 0 Å². The summed E-state index contributed by atoms with van der Waals surface area (Å²) in [4.78, 5) is 4.88. The van der Waals surface area contributed by atoms with E-state index in [2.05, 4.69) is 48.9 Å². The Morgan fingerprint density at radius 1 is 1.35 bits per heavy atom. The lowest BCUT2D eigenvalue weighted by atomic mass is 10.1. The van der Waals surface area contributed by atoms with Crippen LogP contribution in [0.5, 0.6) is 0 Å². The molecule has 17 heavy (non-hydrogen) atoms. The maximum absolute atomic E-state index is 5.70. The molecule has 0 radical (unpaired) electrons. The van der Waals surface area contributed by atoms with Crippen molar-refractivity contribution in [3.8, 4) is 0 Å². The number of benzene rings is 1. The van der Waals surface area contributed by atoms with Gasteiger partial charge in [0, 0.05) is 37.9 Å². The van der Waals surface area contributed by atoms with E-state index in [1.807, 2.05) is 0 Å². The van der Waals surface area contributed by atoms with Crippen molar-refractivity contribution in [2.75, 3.05) is 31.6 Å². The van der Waals surface area contributed by atoms with Gasteiger partial charge in [-0.3, -0.25) is 0 Å². The summed E-state index contributed by atoms with van der Waals surface area (Å²) in [5.41, 5.74) is 9.59. The van der Waals surface area contributed by atoms with Gasteiger partial charge in [-0.1, -0.05) is 6.07 Å². The zero-order valence-corrected chi connectivity index (χ0v) is 11.1. The first-order chi connectivity index (χ1) is 8.11. The minimum absolute atomic E-state index is 0.580. The Kier molecular flexibility index (Phi) is 3.69. The van der Waals surface area contributed by atoms with Crippen LogP contribution in [0.4, 0.5) is 5.69 Å². The number of piperazine rings is 1. The molecule has 2 rings (SSSR count). The summed E-state index contributed by atoms with van der Waals surface area (Å²) in [5.74, 6) is 0. The van der Waals surface area contributed by atoms with Crippen LogP contribution in [0.25, 0.3) is 0 Å². The number of nitrogens with two attached hydrogens (primary N) is 1. The first-order valence-corrected chi connectivity index (χ1v) is 6.36. The fourth-order valence-electron chi connectivity index (χ4n) is 2.61. The molecule has 0 spiro atoms. The van der Waals surface area contributed by atoms with E-state index in [0.29, 0.717) is 12.6 Å². The highest BCUT2D eigenvalue weighted by Crippen LogP contribution is 2.23. The molecule has 1 atom stereocenters. The Labute approximate surface area is 104 Å². The average Bonchev–Trinajstić information content (AvgIpc) is 2.29. The predicted molar refractivity (Wildman–Crippen MR) is 73.4 cm³/mol. The van der Waals surface area contributed by atoms with Gasteiger partial charge in [0.05, 0.1) is 0 Å². The van der Waals surface area contributed by atoms with E-state index in [9.17, 15) is 0 Å². The van der Waals surface area contributed by atoms with Crippen LogP contribution in [0.1, 0.15) is 18.1 Å². The van der Waals surface area contributed by atoms with Crippen LogP contribution in [0.2, 0.25) is 0 Å². The quantitative estimate of drug-likeness (QED) is 0.842. The lowest BCUT2D eigenvalue weighted by Gasteiger charge is -2.40. The molecule has 3 heteroatoms. The van der Waals surface area contributed by atoms with Crippen molar-refractivity contribution < 1.29 is 0 Å². The number of likely N-dealkylation sites (N-methyl/N-ethyl adjacent to an activating group) is 1. The van der Waals surface area contributed by atoms with Crippen molar-refractivity contribution in [3.63, 3.8) is 0 Å².